The summed E-state index contributed by atoms with van der Waals surface area (Å²) in [5, 5.41) is 2.86. The molecule has 0 spiro atoms. The fourth-order valence-electron chi connectivity index (χ4n) is 3.77. The maximum atomic E-state index is 13.6. The smallest absolute Gasteiger partial charge is 0.264 e. The molecule has 0 fully saturated rings. The Morgan fingerprint density at radius 3 is 2.42 bits per heavy atom. The number of ether oxygens (including phenoxy) is 2. The molecule has 0 bridgehead atoms. The van der Waals surface area contributed by atoms with Crippen LogP contribution < -0.4 is 19.1 Å². The quantitative estimate of drug-likeness (QED) is 0.336. The van der Waals surface area contributed by atoms with Gasteiger partial charge >= 0.3 is 0 Å². The second-order valence-corrected chi connectivity index (χ2v) is 10.3. The van der Waals surface area contributed by atoms with E-state index >= 15 is 0 Å². The van der Waals surface area contributed by atoms with Crippen molar-refractivity contribution in [2.24, 2.45) is 0 Å². The summed E-state index contributed by atoms with van der Waals surface area (Å²) in [5.41, 5.74) is 2.25. The molecule has 8 heteroatoms. The minimum absolute atomic E-state index is 0.102. The van der Waals surface area contributed by atoms with E-state index in [-0.39, 0.29) is 11.4 Å². The predicted octanol–water partition coefficient (Wildman–Crippen LogP) is 4.74. The van der Waals surface area contributed by atoms with Gasteiger partial charge in [0.2, 0.25) is 5.91 Å². The van der Waals surface area contributed by atoms with Gasteiger partial charge in [0.25, 0.3) is 10.0 Å². The molecule has 1 N–H and O–H groups in total. The second kappa shape index (κ2) is 13.0. The molecule has 3 rings (SSSR count). The van der Waals surface area contributed by atoms with E-state index in [9.17, 15) is 13.2 Å². The number of hydrogen-bond donors (Lipinski definition) is 1. The second-order valence-electron chi connectivity index (χ2n) is 8.41. The molecule has 0 unspecified atom stereocenters. The van der Waals surface area contributed by atoms with Crippen LogP contribution in [0.15, 0.2) is 77.7 Å². The van der Waals surface area contributed by atoms with Crippen molar-refractivity contribution in [3.8, 4) is 11.5 Å². The summed E-state index contributed by atoms with van der Waals surface area (Å²) in [7, 11) is -2.53. The number of anilines is 1. The third-order valence-corrected chi connectivity index (χ3v) is 7.37. The molecule has 0 heterocycles. The van der Waals surface area contributed by atoms with Crippen molar-refractivity contribution in [1.29, 1.82) is 0 Å². The molecule has 0 atom stereocenters. The fourth-order valence-corrected chi connectivity index (χ4v) is 5.21. The number of benzene rings is 3. The lowest BCUT2D eigenvalue weighted by atomic mass is 10.1. The average molecular weight is 511 g/mol. The number of rotatable bonds is 13. The number of nitrogens with one attached hydrogen (secondary N) is 1. The fraction of sp³-hybridized carbons (Fsp3) is 0.321. The lowest BCUT2D eigenvalue weighted by molar-refractivity contribution is -0.119. The van der Waals surface area contributed by atoms with Crippen molar-refractivity contribution in [3.05, 3.63) is 83.9 Å². The van der Waals surface area contributed by atoms with Crippen LogP contribution >= 0.6 is 0 Å². The monoisotopic (exact) mass is 510 g/mol. The van der Waals surface area contributed by atoms with E-state index in [1.807, 2.05) is 37.3 Å². The molecule has 36 heavy (non-hydrogen) atoms. The number of carbonyl (C=O) groups excluding carboxylic acids is 1. The van der Waals surface area contributed by atoms with E-state index < -0.39 is 15.9 Å². The molecule has 0 aromatic heterocycles. The number of nitrogens with zero attached hydrogens (tertiary/aromatic N) is 1. The van der Waals surface area contributed by atoms with Crippen LogP contribution in [0.4, 0.5) is 5.69 Å². The van der Waals surface area contributed by atoms with E-state index in [0.29, 0.717) is 31.0 Å². The minimum atomic E-state index is -4.01. The van der Waals surface area contributed by atoms with Crippen molar-refractivity contribution in [2.45, 2.75) is 38.0 Å². The van der Waals surface area contributed by atoms with Crippen molar-refractivity contribution in [1.82, 2.24) is 5.32 Å². The van der Waals surface area contributed by atoms with Gasteiger partial charge in [0.1, 0.15) is 18.0 Å². The third kappa shape index (κ3) is 7.01. The molecular weight excluding hydrogens is 476 g/mol. The Hall–Kier alpha value is -3.52. The summed E-state index contributed by atoms with van der Waals surface area (Å²) < 4.78 is 39.5. The predicted molar refractivity (Wildman–Crippen MR) is 142 cm³/mol. The Bertz CT molecular complexity index is 1250. The van der Waals surface area contributed by atoms with Crippen molar-refractivity contribution >= 4 is 21.6 Å². The molecule has 0 saturated heterocycles. The number of hydrogen-bond acceptors (Lipinski definition) is 5. The summed E-state index contributed by atoms with van der Waals surface area (Å²) in [6.07, 6.45) is 2.36. The van der Waals surface area contributed by atoms with Crippen LogP contribution in [0.1, 0.15) is 30.9 Å². The number of carbonyl (C=O) groups is 1. The molecule has 1 amide bonds. The minimum Gasteiger partial charge on any atom is -0.495 e. The van der Waals surface area contributed by atoms with Crippen molar-refractivity contribution < 1.29 is 22.7 Å². The van der Waals surface area contributed by atoms with E-state index in [4.69, 9.17) is 9.47 Å². The van der Waals surface area contributed by atoms with Crippen molar-refractivity contribution in [3.63, 3.8) is 0 Å². The standard InChI is InChI=1S/C28H34N2O5S/c1-4-19-35-26-15-9-8-11-23(26)12-10-18-29-28(31)21-30(25-20-22(2)16-17-27(25)34-3)36(32,33)24-13-6-5-7-14-24/h5-9,11,13-17,20H,4,10,12,18-19,21H2,1-3H3,(H,29,31). The van der Waals surface area contributed by atoms with Gasteiger partial charge in [0.15, 0.2) is 0 Å². The molecular formula is C28H34N2O5S. The van der Waals surface area contributed by atoms with Crippen LogP contribution in [-0.2, 0) is 21.2 Å². The van der Waals surface area contributed by atoms with Crippen molar-refractivity contribution in [2.75, 3.05) is 31.1 Å². The zero-order valence-electron chi connectivity index (χ0n) is 21.1. The highest BCUT2D eigenvalue weighted by atomic mass is 32.2. The average Bonchev–Trinajstić information content (AvgIpc) is 2.89. The first kappa shape index (κ1) is 27.1. The first-order chi connectivity index (χ1) is 17.4. The van der Waals surface area contributed by atoms with Crippen LogP contribution in [0.3, 0.4) is 0 Å². The number of sulfonamides is 1. The molecule has 192 valence electrons. The number of para-hydroxylation sites is 1. The zero-order valence-corrected chi connectivity index (χ0v) is 21.9. The lowest BCUT2D eigenvalue weighted by Gasteiger charge is -2.26. The highest BCUT2D eigenvalue weighted by molar-refractivity contribution is 7.92. The first-order valence-corrected chi connectivity index (χ1v) is 13.5. The summed E-state index contributed by atoms with van der Waals surface area (Å²) in [5.74, 6) is 0.836. The zero-order chi connectivity index (χ0) is 26.0. The summed E-state index contributed by atoms with van der Waals surface area (Å²) in [6, 6.07) is 21.2. The van der Waals surface area contributed by atoms with Crippen LogP contribution in [0.25, 0.3) is 0 Å². The van der Waals surface area contributed by atoms with Gasteiger partial charge in [-0.25, -0.2) is 8.42 Å². The molecule has 0 aliphatic rings. The van der Waals surface area contributed by atoms with E-state index in [0.717, 1.165) is 34.0 Å². The lowest BCUT2D eigenvalue weighted by Crippen LogP contribution is -2.41. The number of aryl methyl sites for hydroxylation is 2. The van der Waals surface area contributed by atoms with Gasteiger partial charge < -0.3 is 14.8 Å². The van der Waals surface area contributed by atoms with Crippen LogP contribution in [0.5, 0.6) is 11.5 Å². The van der Waals surface area contributed by atoms with Gasteiger partial charge in [-0.15, -0.1) is 0 Å². The first-order valence-electron chi connectivity index (χ1n) is 12.1. The van der Waals surface area contributed by atoms with Crippen LogP contribution in [-0.4, -0.2) is 41.1 Å². The molecule has 7 nitrogen and oxygen atoms in total. The van der Waals surface area contributed by atoms with Crippen LogP contribution in [0.2, 0.25) is 0 Å². The third-order valence-electron chi connectivity index (χ3n) is 5.60. The van der Waals surface area contributed by atoms with Gasteiger partial charge in [-0.05, 0) is 67.6 Å². The largest absolute Gasteiger partial charge is 0.495 e. The SMILES string of the molecule is CCCOc1ccccc1CCCNC(=O)CN(c1cc(C)ccc1OC)S(=O)(=O)c1ccccc1. The van der Waals surface area contributed by atoms with Gasteiger partial charge in [0.05, 0.1) is 24.3 Å². The Morgan fingerprint density at radius 1 is 0.972 bits per heavy atom. The highest BCUT2D eigenvalue weighted by Crippen LogP contribution is 2.33. The summed E-state index contributed by atoms with van der Waals surface area (Å²) in [6.45, 7) is 4.62. The van der Waals surface area contributed by atoms with E-state index in [2.05, 4.69) is 12.2 Å². The van der Waals surface area contributed by atoms with E-state index in [1.54, 1.807) is 30.3 Å². The molecule has 0 radical (unpaired) electrons. The normalized spacial score (nSPS) is 11.1. The molecule has 0 aliphatic heterocycles. The van der Waals surface area contributed by atoms with Gasteiger partial charge in [0, 0.05) is 6.54 Å². The maximum Gasteiger partial charge on any atom is 0.264 e. The highest BCUT2D eigenvalue weighted by Gasteiger charge is 2.29. The number of amides is 1. The van der Waals surface area contributed by atoms with Gasteiger partial charge in [-0.2, -0.15) is 0 Å². The van der Waals surface area contributed by atoms with E-state index in [1.165, 1.54) is 19.2 Å². The van der Waals surface area contributed by atoms with Gasteiger partial charge in [-0.3, -0.25) is 9.10 Å². The Morgan fingerprint density at radius 2 is 1.69 bits per heavy atom. The van der Waals surface area contributed by atoms with Crippen LogP contribution in [0, 0.1) is 6.92 Å². The molecule has 0 aliphatic carbocycles. The van der Waals surface area contributed by atoms with Gasteiger partial charge in [-0.1, -0.05) is 49.4 Å². The molecule has 3 aromatic carbocycles. The summed E-state index contributed by atoms with van der Waals surface area (Å²) in [4.78, 5) is 13.0. The Balaban J connectivity index is 1.73. The topological polar surface area (TPSA) is 84.9 Å². The number of methoxy groups -OCH3 is 1. The Labute approximate surface area is 214 Å². The maximum absolute atomic E-state index is 13.6. The molecule has 0 saturated carbocycles. The molecule has 3 aromatic rings. The summed E-state index contributed by atoms with van der Waals surface area (Å²) >= 11 is 0. The Kier molecular flexibility index (Phi) is 9.76.